The highest BCUT2D eigenvalue weighted by Gasteiger charge is 2.37. The fourth-order valence-corrected chi connectivity index (χ4v) is 2.32. The van der Waals surface area contributed by atoms with Gasteiger partial charge in [-0.25, -0.2) is 0 Å². The fourth-order valence-electron chi connectivity index (χ4n) is 2.32. The van der Waals surface area contributed by atoms with Gasteiger partial charge in [0.25, 0.3) is 0 Å². The Balaban J connectivity index is 2.02. The van der Waals surface area contributed by atoms with E-state index in [4.69, 9.17) is 4.42 Å². The molecule has 5 heteroatoms. The molecule has 2 N–H and O–H groups in total. The average Bonchev–Trinajstić information content (AvgIpc) is 2.76. The second kappa shape index (κ2) is 5.10. The zero-order valence-electron chi connectivity index (χ0n) is 11.2. The summed E-state index contributed by atoms with van der Waals surface area (Å²) in [7, 11) is 0. The molecule has 5 nitrogen and oxygen atoms in total. The molecule has 0 bridgehead atoms. The van der Waals surface area contributed by atoms with E-state index in [0.29, 0.717) is 5.92 Å². The lowest BCUT2D eigenvalue weighted by molar-refractivity contribution is -0.127. The minimum atomic E-state index is -0.421. The minimum Gasteiger partial charge on any atom is -0.432 e. The summed E-state index contributed by atoms with van der Waals surface area (Å²) < 4.78 is 5.16. The number of carbonyl (C=O) groups is 1. The molecule has 2 heterocycles. The van der Waals surface area contributed by atoms with Crippen LogP contribution in [-0.4, -0.2) is 24.0 Å². The molecule has 1 amide bonds. The lowest BCUT2D eigenvalue weighted by Crippen LogP contribution is -2.44. The summed E-state index contributed by atoms with van der Waals surface area (Å²) in [5.41, 5.74) is 0.345. The van der Waals surface area contributed by atoms with Crippen LogP contribution in [0.25, 0.3) is 0 Å². The van der Waals surface area contributed by atoms with Gasteiger partial charge in [-0.05, 0) is 38.8 Å². The van der Waals surface area contributed by atoms with Crippen molar-refractivity contribution in [1.82, 2.24) is 10.3 Å². The van der Waals surface area contributed by atoms with Crippen LogP contribution in [0.4, 0.5) is 6.01 Å². The van der Waals surface area contributed by atoms with Gasteiger partial charge in [0.05, 0.1) is 5.69 Å². The first-order chi connectivity index (χ1) is 8.50. The second-order valence-electron chi connectivity index (χ2n) is 5.51. The van der Waals surface area contributed by atoms with E-state index in [0.717, 1.165) is 31.6 Å². The molecule has 0 radical (unpaired) electrons. The average molecular weight is 251 g/mol. The topological polar surface area (TPSA) is 67.2 Å². The van der Waals surface area contributed by atoms with Crippen molar-refractivity contribution >= 4 is 11.9 Å². The first-order valence-electron chi connectivity index (χ1n) is 6.44. The van der Waals surface area contributed by atoms with E-state index in [1.54, 1.807) is 0 Å². The molecule has 100 valence electrons. The molecule has 1 aromatic rings. The van der Waals surface area contributed by atoms with Crippen LogP contribution in [0.3, 0.4) is 0 Å². The third-order valence-electron chi connectivity index (χ3n) is 3.74. The quantitative estimate of drug-likeness (QED) is 0.861. The summed E-state index contributed by atoms with van der Waals surface area (Å²) in [6.45, 7) is 7.74. The molecule has 1 atom stereocenters. The van der Waals surface area contributed by atoms with Gasteiger partial charge in [-0.15, -0.1) is 0 Å². The number of piperidine rings is 1. The molecule has 1 aliphatic heterocycles. The van der Waals surface area contributed by atoms with Crippen molar-refractivity contribution in [1.29, 1.82) is 0 Å². The summed E-state index contributed by atoms with van der Waals surface area (Å²) in [6.07, 6.45) is 3.74. The molecule has 0 aromatic carbocycles. The van der Waals surface area contributed by atoms with E-state index in [9.17, 15) is 4.79 Å². The van der Waals surface area contributed by atoms with E-state index in [1.807, 2.05) is 20.8 Å². The van der Waals surface area contributed by atoms with Gasteiger partial charge in [-0.2, -0.15) is 4.98 Å². The van der Waals surface area contributed by atoms with Gasteiger partial charge in [-0.3, -0.25) is 10.1 Å². The van der Waals surface area contributed by atoms with Gasteiger partial charge in [0, 0.05) is 5.41 Å². The third kappa shape index (κ3) is 2.72. The van der Waals surface area contributed by atoms with Crippen LogP contribution in [0.5, 0.6) is 0 Å². The molecule has 0 spiro atoms. The van der Waals surface area contributed by atoms with E-state index in [1.165, 1.54) is 6.26 Å². The van der Waals surface area contributed by atoms with E-state index in [-0.39, 0.29) is 11.9 Å². The highest BCUT2D eigenvalue weighted by Crippen LogP contribution is 2.32. The number of oxazole rings is 1. The summed E-state index contributed by atoms with van der Waals surface area (Å²) in [5, 5.41) is 6.10. The van der Waals surface area contributed by atoms with Crippen LogP contribution in [-0.2, 0) is 4.79 Å². The number of aromatic nitrogens is 1. The first kappa shape index (κ1) is 13.1. The number of rotatable bonds is 3. The van der Waals surface area contributed by atoms with Crippen molar-refractivity contribution in [3.63, 3.8) is 0 Å². The molecule has 1 fully saturated rings. The number of hydrogen-bond donors (Lipinski definition) is 2. The Morgan fingerprint density at radius 1 is 1.61 bits per heavy atom. The van der Waals surface area contributed by atoms with Crippen LogP contribution in [0, 0.1) is 18.3 Å². The molecule has 2 rings (SSSR count). The minimum absolute atomic E-state index is 0.0296. The van der Waals surface area contributed by atoms with Crippen LogP contribution < -0.4 is 10.6 Å². The zero-order chi connectivity index (χ0) is 13.2. The number of nitrogens with zero attached hydrogens (tertiary/aromatic N) is 1. The van der Waals surface area contributed by atoms with Gasteiger partial charge < -0.3 is 9.73 Å². The maximum absolute atomic E-state index is 12.3. The van der Waals surface area contributed by atoms with E-state index in [2.05, 4.69) is 15.6 Å². The predicted octanol–water partition coefficient (Wildman–Crippen LogP) is 1.95. The Bertz CT molecular complexity index is 420. The van der Waals surface area contributed by atoms with Crippen molar-refractivity contribution in [2.24, 2.45) is 11.3 Å². The number of hydrogen-bond acceptors (Lipinski definition) is 4. The molecular weight excluding hydrogens is 230 g/mol. The Morgan fingerprint density at radius 3 is 2.94 bits per heavy atom. The number of aryl methyl sites for hydroxylation is 1. The maximum atomic E-state index is 12.3. The number of carbonyl (C=O) groups excluding carboxylic acids is 1. The molecule has 1 saturated heterocycles. The second-order valence-corrected chi connectivity index (χ2v) is 5.51. The highest BCUT2D eigenvalue weighted by atomic mass is 16.4. The van der Waals surface area contributed by atoms with Crippen molar-refractivity contribution < 1.29 is 9.21 Å². The van der Waals surface area contributed by atoms with Gasteiger partial charge >= 0.3 is 6.01 Å². The van der Waals surface area contributed by atoms with Crippen LogP contribution >= 0.6 is 0 Å². The summed E-state index contributed by atoms with van der Waals surface area (Å²) in [5.74, 6) is 0.320. The van der Waals surface area contributed by atoms with Crippen LogP contribution in [0.2, 0.25) is 0 Å². The maximum Gasteiger partial charge on any atom is 0.301 e. The molecule has 1 unspecified atom stereocenters. The van der Waals surface area contributed by atoms with Crippen molar-refractivity contribution in [2.45, 2.75) is 33.6 Å². The molecule has 1 aliphatic rings. The van der Waals surface area contributed by atoms with Crippen molar-refractivity contribution in [3.05, 3.63) is 12.0 Å². The van der Waals surface area contributed by atoms with E-state index < -0.39 is 5.41 Å². The normalized spacial score (nSPS) is 20.7. The smallest absolute Gasteiger partial charge is 0.301 e. The Hall–Kier alpha value is -1.36. The number of anilines is 1. The van der Waals surface area contributed by atoms with E-state index >= 15 is 0 Å². The fraction of sp³-hybridized carbons (Fsp3) is 0.692. The predicted molar refractivity (Wildman–Crippen MR) is 69.2 cm³/mol. The van der Waals surface area contributed by atoms with Gasteiger partial charge in [0.15, 0.2) is 0 Å². The highest BCUT2D eigenvalue weighted by molar-refractivity contribution is 5.93. The third-order valence-corrected chi connectivity index (χ3v) is 3.74. The summed E-state index contributed by atoms with van der Waals surface area (Å²) in [6, 6.07) is 0.286. The monoisotopic (exact) mass is 251 g/mol. The molecule has 1 aromatic heterocycles. The SMILES string of the molecule is Cc1coc(NC(=O)C(C)(C)C2CCCNC2)n1. The van der Waals surface area contributed by atoms with Crippen LogP contribution in [0.15, 0.2) is 10.7 Å². The van der Waals surface area contributed by atoms with Crippen LogP contribution in [0.1, 0.15) is 32.4 Å². The first-order valence-corrected chi connectivity index (χ1v) is 6.44. The lowest BCUT2D eigenvalue weighted by Gasteiger charge is -2.35. The van der Waals surface area contributed by atoms with Gasteiger partial charge in [0.1, 0.15) is 6.26 Å². The Kier molecular flexibility index (Phi) is 3.71. The van der Waals surface area contributed by atoms with Gasteiger partial charge in [-0.1, -0.05) is 13.8 Å². The van der Waals surface area contributed by atoms with Crippen molar-refractivity contribution in [3.8, 4) is 0 Å². The number of nitrogens with one attached hydrogen (secondary N) is 2. The molecular formula is C13H21N3O2. The molecule has 18 heavy (non-hydrogen) atoms. The molecule has 0 aliphatic carbocycles. The summed E-state index contributed by atoms with van der Waals surface area (Å²) in [4.78, 5) is 16.4. The standard InChI is InChI=1S/C13H21N3O2/c1-9-8-18-12(15-9)16-11(17)13(2,3)10-5-4-6-14-7-10/h8,10,14H,4-7H2,1-3H3,(H,15,16,17). The number of amides is 1. The van der Waals surface area contributed by atoms with Gasteiger partial charge in [0.2, 0.25) is 5.91 Å². The lowest BCUT2D eigenvalue weighted by atomic mass is 9.74. The Morgan fingerprint density at radius 2 is 2.39 bits per heavy atom. The van der Waals surface area contributed by atoms with Crippen molar-refractivity contribution in [2.75, 3.05) is 18.4 Å². The Labute approximate surface area is 107 Å². The summed E-state index contributed by atoms with van der Waals surface area (Å²) >= 11 is 0. The zero-order valence-corrected chi connectivity index (χ0v) is 11.2. The largest absolute Gasteiger partial charge is 0.432 e. The molecule has 0 saturated carbocycles.